The molecule has 3 rings (SSSR count). The maximum Gasteiger partial charge on any atom is 0.253 e. The number of rotatable bonds is 4. The van der Waals surface area contributed by atoms with Crippen molar-refractivity contribution in [3.8, 4) is 5.75 Å². The van der Waals surface area contributed by atoms with Crippen LogP contribution >= 0.6 is 22.6 Å². The zero-order chi connectivity index (χ0) is 17.8. The number of hydrogen-bond donors (Lipinski definition) is 3. The van der Waals surface area contributed by atoms with Crippen LogP contribution in [0.25, 0.3) is 0 Å². The van der Waals surface area contributed by atoms with Gasteiger partial charge < -0.3 is 10.4 Å². The van der Waals surface area contributed by atoms with Gasteiger partial charge in [-0.3, -0.25) is 9.59 Å². The molecule has 0 aromatic heterocycles. The third kappa shape index (κ3) is 3.98. The molecule has 1 heterocycles. The van der Waals surface area contributed by atoms with Gasteiger partial charge in [0, 0.05) is 21.6 Å². The smallest absolute Gasteiger partial charge is 0.253 e. The summed E-state index contributed by atoms with van der Waals surface area (Å²) in [6.45, 7) is 0.419. The SMILES string of the molecule is O=C1NC[C@@H](c2ccccc2)[C@@H]1C(=O)N/N=C/c1cc(I)ccc1O. The number of benzene rings is 2. The van der Waals surface area contributed by atoms with E-state index in [4.69, 9.17) is 0 Å². The first kappa shape index (κ1) is 17.4. The Hall–Kier alpha value is -2.42. The van der Waals surface area contributed by atoms with E-state index in [2.05, 4.69) is 38.4 Å². The van der Waals surface area contributed by atoms with Crippen LogP contribution in [0, 0.1) is 9.49 Å². The number of nitrogens with zero attached hydrogens (tertiary/aromatic N) is 1. The quantitative estimate of drug-likeness (QED) is 0.289. The summed E-state index contributed by atoms with van der Waals surface area (Å²) in [5.74, 6) is -1.76. The molecule has 128 valence electrons. The monoisotopic (exact) mass is 449 g/mol. The molecule has 1 saturated heterocycles. The highest BCUT2D eigenvalue weighted by Gasteiger charge is 2.40. The minimum atomic E-state index is -0.830. The molecule has 2 aromatic carbocycles. The van der Waals surface area contributed by atoms with E-state index in [1.54, 1.807) is 18.2 Å². The number of hydrazone groups is 1. The summed E-state index contributed by atoms with van der Waals surface area (Å²) >= 11 is 2.12. The van der Waals surface area contributed by atoms with Gasteiger partial charge in [0.2, 0.25) is 5.91 Å². The van der Waals surface area contributed by atoms with Crippen LogP contribution in [0.1, 0.15) is 17.0 Å². The fraction of sp³-hybridized carbons (Fsp3) is 0.167. The average molecular weight is 449 g/mol. The normalized spacial score (nSPS) is 19.8. The first-order chi connectivity index (χ1) is 12.1. The standard InChI is InChI=1S/C18H16IN3O3/c19-13-6-7-15(23)12(8-13)9-21-22-18(25)16-14(10-20-17(16)24)11-4-2-1-3-5-11/h1-9,14,16,23H,10H2,(H,20,24)(H,22,25)/b21-9+/t14-,16-/m0/s1. The molecule has 25 heavy (non-hydrogen) atoms. The summed E-state index contributed by atoms with van der Waals surface area (Å²) in [5.41, 5.74) is 3.83. The Balaban J connectivity index is 1.72. The van der Waals surface area contributed by atoms with Gasteiger partial charge in [-0.25, -0.2) is 5.43 Å². The largest absolute Gasteiger partial charge is 0.507 e. The van der Waals surface area contributed by atoms with Crippen molar-refractivity contribution >= 4 is 40.6 Å². The van der Waals surface area contributed by atoms with Gasteiger partial charge in [-0.05, 0) is 46.4 Å². The van der Waals surface area contributed by atoms with E-state index < -0.39 is 11.8 Å². The van der Waals surface area contributed by atoms with Crippen molar-refractivity contribution < 1.29 is 14.7 Å². The molecule has 2 aromatic rings. The summed E-state index contributed by atoms with van der Waals surface area (Å²) in [6.07, 6.45) is 1.36. The second-order valence-corrected chi connectivity index (χ2v) is 6.92. The second kappa shape index (κ2) is 7.64. The van der Waals surface area contributed by atoms with Crippen LogP contribution in [-0.4, -0.2) is 29.7 Å². The van der Waals surface area contributed by atoms with Gasteiger partial charge in [-0.15, -0.1) is 0 Å². The van der Waals surface area contributed by atoms with E-state index >= 15 is 0 Å². The highest BCUT2D eigenvalue weighted by Crippen LogP contribution is 2.29. The van der Waals surface area contributed by atoms with Crippen molar-refractivity contribution in [1.29, 1.82) is 0 Å². The average Bonchev–Trinajstić information content (AvgIpc) is 3.00. The molecule has 1 aliphatic rings. The molecule has 2 amide bonds. The predicted molar refractivity (Wildman–Crippen MR) is 102 cm³/mol. The topological polar surface area (TPSA) is 90.8 Å². The lowest BCUT2D eigenvalue weighted by molar-refractivity contribution is -0.133. The van der Waals surface area contributed by atoms with Crippen LogP contribution in [-0.2, 0) is 9.59 Å². The molecule has 6 nitrogen and oxygen atoms in total. The fourth-order valence-electron chi connectivity index (χ4n) is 2.80. The summed E-state index contributed by atoms with van der Waals surface area (Å²) in [7, 11) is 0. The minimum Gasteiger partial charge on any atom is -0.507 e. The van der Waals surface area contributed by atoms with Crippen molar-refractivity contribution in [2.24, 2.45) is 11.0 Å². The Morgan fingerprint density at radius 3 is 2.80 bits per heavy atom. The molecule has 0 bridgehead atoms. The molecule has 1 aliphatic heterocycles. The number of phenolic OH excluding ortho intramolecular Hbond substituents is 1. The Morgan fingerprint density at radius 1 is 1.28 bits per heavy atom. The van der Waals surface area contributed by atoms with E-state index in [1.807, 2.05) is 30.3 Å². The van der Waals surface area contributed by atoms with Crippen LogP contribution in [0.3, 0.4) is 0 Å². The lowest BCUT2D eigenvalue weighted by Crippen LogP contribution is -2.34. The molecular formula is C18H16IN3O3. The highest BCUT2D eigenvalue weighted by atomic mass is 127. The molecule has 0 aliphatic carbocycles. The Morgan fingerprint density at radius 2 is 2.04 bits per heavy atom. The number of nitrogens with one attached hydrogen (secondary N) is 2. The molecule has 0 saturated carbocycles. The van der Waals surface area contributed by atoms with E-state index in [0.717, 1.165) is 9.13 Å². The molecule has 0 unspecified atom stereocenters. The van der Waals surface area contributed by atoms with Crippen LogP contribution < -0.4 is 10.7 Å². The highest BCUT2D eigenvalue weighted by molar-refractivity contribution is 14.1. The van der Waals surface area contributed by atoms with Crippen molar-refractivity contribution in [3.63, 3.8) is 0 Å². The summed E-state index contributed by atoms with van der Waals surface area (Å²) < 4.78 is 0.933. The van der Waals surface area contributed by atoms with Gasteiger partial charge in [0.15, 0.2) is 0 Å². The van der Waals surface area contributed by atoms with Crippen molar-refractivity contribution in [2.75, 3.05) is 6.54 Å². The van der Waals surface area contributed by atoms with Crippen molar-refractivity contribution in [3.05, 3.63) is 63.2 Å². The number of amides is 2. The number of carbonyl (C=O) groups is 2. The van der Waals surface area contributed by atoms with Crippen molar-refractivity contribution in [2.45, 2.75) is 5.92 Å². The number of halogens is 1. The lowest BCUT2D eigenvalue weighted by atomic mass is 9.88. The zero-order valence-electron chi connectivity index (χ0n) is 13.1. The van der Waals surface area contributed by atoms with Gasteiger partial charge in [-0.2, -0.15) is 5.10 Å². The minimum absolute atomic E-state index is 0.0687. The molecule has 0 spiro atoms. The number of hydrogen-bond acceptors (Lipinski definition) is 4. The van der Waals surface area contributed by atoms with E-state index in [1.165, 1.54) is 6.21 Å². The van der Waals surface area contributed by atoms with Crippen LogP contribution in [0.5, 0.6) is 5.75 Å². The maximum atomic E-state index is 12.4. The predicted octanol–water partition coefficient (Wildman–Crippen LogP) is 1.98. The number of carbonyl (C=O) groups excluding carboxylic acids is 2. The Kier molecular flexibility index (Phi) is 5.32. The van der Waals surface area contributed by atoms with E-state index in [0.29, 0.717) is 12.1 Å². The number of aromatic hydroxyl groups is 1. The third-order valence-electron chi connectivity index (χ3n) is 4.06. The molecule has 2 atom stereocenters. The van der Waals surface area contributed by atoms with Crippen LogP contribution in [0.15, 0.2) is 53.6 Å². The zero-order valence-corrected chi connectivity index (χ0v) is 15.3. The number of phenols is 1. The molecule has 7 heteroatoms. The molecular weight excluding hydrogens is 433 g/mol. The van der Waals surface area contributed by atoms with Gasteiger partial charge in [0.1, 0.15) is 11.7 Å². The third-order valence-corrected chi connectivity index (χ3v) is 4.73. The van der Waals surface area contributed by atoms with Crippen LogP contribution in [0.4, 0.5) is 0 Å². The van der Waals surface area contributed by atoms with Gasteiger partial charge in [0.05, 0.1) is 6.21 Å². The van der Waals surface area contributed by atoms with Crippen molar-refractivity contribution in [1.82, 2.24) is 10.7 Å². The lowest BCUT2D eigenvalue weighted by Gasteiger charge is -2.15. The van der Waals surface area contributed by atoms with Gasteiger partial charge in [0.25, 0.3) is 5.91 Å². The summed E-state index contributed by atoms with van der Waals surface area (Å²) in [6, 6.07) is 14.5. The summed E-state index contributed by atoms with van der Waals surface area (Å²) in [4.78, 5) is 24.5. The molecule has 0 radical (unpaired) electrons. The summed E-state index contributed by atoms with van der Waals surface area (Å²) in [5, 5.41) is 16.4. The second-order valence-electron chi connectivity index (χ2n) is 5.68. The first-order valence-electron chi connectivity index (χ1n) is 7.70. The maximum absolute atomic E-state index is 12.4. The molecule has 3 N–H and O–H groups in total. The Bertz CT molecular complexity index is 824. The molecule has 1 fully saturated rings. The fourth-order valence-corrected chi connectivity index (χ4v) is 3.31. The van der Waals surface area contributed by atoms with E-state index in [9.17, 15) is 14.7 Å². The van der Waals surface area contributed by atoms with E-state index in [-0.39, 0.29) is 17.6 Å². The Labute approximate surface area is 158 Å². The van der Waals surface area contributed by atoms with Crippen LogP contribution in [0.2, 0.25) is 0 Å². The van der Waals surface area contributed by atoms with Gasteiger partial charge in [-0.1, -0.05) is 30.3 Å². The van der Waals surface area contributed by atoms with Gasteiger partial charge >= 0.3 is 0 Å². The first-order valence-corrected chi connectivity index (χ1v) is 8.78.